The maximum atomic E-state index is 14.3. The number of carbonyl (C=O) groups is 1. The van der Waals surface area contributed by atoms with Crippen LogP contribution >= 0.6 is 0 Å². The van der Waals surface area contributed by atoms with Crippen LogP contribution in [-0.4, -0.2) is 25.9 Å². The Balaban J connectivity index is 1.78. The molecule has 2 N–H and O–H groups in total. The summed E-state index contributed by atoms with van der Waals surface area (Å²) < 4.78 is 15.8. The predicted molar refractivity (Wildman–Crippen MR) is 82.7 cm³/mol. The van der Waals surface area contributed by atoms with E-state index in [0.29, 0.717) is 16.9 Å². The Hall–Kier alpha value is -2.96. The van der Waals surface area contributed by atoms with Crippen LogP contribution in [0.3, 0.4) is 0 Å². The summed E-state index contributed by atoms with van der Waals surface area (Å²) in [6, 6.07) is 6.06. The topological polar surface area (TPSA) is 75.6 Å². The van der Waals surface area contributed by atoms with E-state index in [1.165, 1.54) is 16.9 Å². The number of aryl methyl sites for hydroxylation is 1. The highest BCUT2D eigenvalue weighted by molar-refractivity contribution is 5.92. The van der Waals surface area contributed by atoms with Crippen LogP contribution in [-0.2, 0) is 0 Å². The molecule has 1 aromatic carbocycles. The van der Waals surface area contributed by atoms with Gasteiger partial charge in [-0.2, -0.15) is 10.2 Å². The van der Waals surface area contributed by atoms with E-state index >= 15 is 0 Å². The highest BCUT2D eigenvalue weighted by atomic mass is 19.1. The number of hydrogen-bond donors (Lipinski definition) is 2. The van der Waals surface area contributed by atoms with Gasteiger partial charge in [0.1, 0.15) is 17.2 Å². The molecule has 6 nitrogen and oxygen atoms in total. The molecular weight excluding hydrogens is 297 g/mol. The molecule has 0 saturated heterocycles. The Morgan fingerprint density at radius 3 is 2.83 bits per heavy atom. The third-order valence-corrected chi connectivity index (χ3v) is 3.52. The zero-order valence-corrected chi connectivity index (χ0v) is 12.7. The van der Waals surface area contributed by atoms with E-state index in [-0.39, 0.29) is 11.9 Å². The molecule has 0 fully saturated rings. The monoisotopic (exact) mass is 313 g/mol. The predicted octanol–water partition coefficient (Wildman–Crippen LogP) is 2.53. The molecule has 0 aliphatic rings. The minimum Gasteiger partial charge on any atom is -0.344 e. The average molecular weight is 313 g/mol. The third-order valence-electron chi connectivity index (χ3n) is 3.52. The Bertz CT molecular complexity index is 825. The van der Waals surface area contributed by atoms with Gasteiger partial charge in [-0.25, -0.2) is 9.07 Å². The quantitative estimate of drug-likeness (QED) is 0.777. The minimum atomic E-state index is -0.395. The first-order chi connectivity index (χ1) is 11.0. The van der Waals surface area contributed by atoms with E-state index in [1.54, 1.807) is 37.5 Å². The van der Waals surface area contributed by atoms with Crippen LogP contribution in [0, 0.1) is 12.7 Å². The Morgan fingerprint density at radius 2 is 2.22 bits per heavy atom. The van der Waals surface area contributed by atoms with Gasteiger partial charge < -0.3 is 5.32 Å². The van der Waals surface area contributed by atoms with E-state index in [4.69, 9.17) is 0 Å². The van der Waals surface area contributed by atoms with Crippen molar-refractivity contribution in [2.24, 2.45) is 0 Å². The lowest BCUT2D eigenvalue weighted by atomic mass is 10.1. The fraction of sp³-hybridized carbons (Fsp3) is 0.188. The van der Waals surface area contributed by atoms with Crippen LogP contribution < -0.4 is 5.32 Å². The van der Waals surface area contributed by atoms with Crippen molar-refractivity contribution in [1.82, 2.24) is 25.3 Å². The fourth-order valence-corrected chi connectivity index (χ4v) is 2.26. The van der Waals surface area contributed by atoms with Gasteiger partial charge in [-0.1, -0.05) is 6.07 Å². The number of aromatic amines is 1. The van der Waals surface area contributed by atoms with Crippen molar-refractivity contribution in [3.63, 3.8) is 0 Å². The molecule has 118 valence electrons. The number of nitrogens with zero attached hydrogens (tertiary/aromatic N) is 3. The SMILES string of the molecule is Cc1cnn(-c2ccc([C@H](C)NC(=O)c3ccn[nH]3)cc2F)c1. The summed E-state index contributed by atoms with van der Waals surface area (Å²) in [6.07, 6.45) is 4.92. The van der Waals surface area contributed by atoms with Gasteiger partial charge in [0, 0.05) is 12.4 Å². The maximum Gasteiger partial charge on any atom is 0.269 e. The molecule has 23 heavy (non-hydrogen) atoms. The van der Waals surface area contributed by atoms with E-state index in [9.17, 15) is 9.18 Å². The van der Waals surface area contributed by atoms with Crippen molar-refractivity contribution < 1.29 is 9.18 Å². The van der Waals surface area contributed by atoms with E-state index < -0.39 is 5.82 Å². The number of hydrogen-bond acceptors (Lipinski definition) is 3. The van der Waals surface area contributed by atoms with Crippen molar-refractivity contribution >= 4 is 5.91 Å². The second kappa shape index (κ2) is 6.04. The number of benzene rings is 1. The van der Waals surface area contributed by atoms with E-state index in [0.717, 1.165) is 5.56 Å². The smallest absolute Gasteiger partial charge is 0.269 e. The number of halogens is 1. The maximum absolute atomic E-state index is 14.3. The molecule has 1 atom stereocenters. The first-order valence-electron chi connectivity index (χ1n) is 7.16. The van der Waals surface area contributed by atoms with Crippen molar-refractivity contribution in [2.75, 3.05) is 0 Å². The first kappa shape index (κ1) is 15.0. The molecule has 1 amide bonds. The van der Waals surface area contributed by atoms with Crippen molar-refractivity contribution in [3.05, 3.63) is 65.5 Å². The molecule has 2 heterocycles. The minimum absolute atomic E-state index is 0.290. The highest BCUT2D eigenvalue weighted by Gasteiger charge is 2.14. The van der Waals surface area contributed by atoms with Gasteiger partial charge in [0.15, 0.2) is 0 Å². The number of nitrogens with one attached hydrogen (secondary N) is 2. The van der Waals surface area contributed by atoms with Crippen LogP contribution in [0.1, 0.15) is 34.6 Å². The Morgan fingerprint density at radius 1 is 1.39 bits per heavy atom. The molecule has 0 aliphatic heterocycles. The van der Waals surface area contributed by atoms with E-state index in [1.807, 2.05) is 6.92 Å². The summed E-state index contributed by atoms with van der Waals surface area (Å²) in [4.78, 5) is 12.0. The lowest BCUT2D eigenvalue weighted by Crippen LogP contribution is -2.27. The molecule has 0 bridgehead atoms. The first-order valence-corrected chi connectivity index (χ1v) is 7.16. The molecule has 0 unspecified atom stereocenters. The standard InChI is InChI=1S/C16H16FN5O/c1-10-8-19-22(9-10)15-4-3-12(7-13(15)17)11(2)20-16(23)14-5-6-18-21-14/h3-9,11H,1-2H3,(H,18,21)(H,20,23)/t11-/m0/s1. The van der Waals surface area contributed by atoms with Gasteiger partial charge in [0.25, 0.3) is 5.91 Å². The largest absolute Gasteiger partial charge is 0.344 e. The van der Waals surface area contributed by atoms with Gasteiger partial charge in [0.05, 0.1) is 12.2 Å². The van der Waals surface area contributed by atoms with Crippen molar-refractivity contribution in [1.29, 1.82) is 0 Å². The average Bonchev–Trinajstić information content (AvgIpc) is 3.18. The second-order valence-corrected chi connectivity index (χ2v) is 5.34. The molecule has 2 aromatic heterocycles. The Kier molecular flexibility index (Phi) is 3.92. The van der Waals surface area contributed by atoms with Crippen LogP contribution in [0.15, 0.2) is 42.9 Å². The number of rotatable bonds is 4. The van der Waals surface area contributed by atoms with Crippen LogP contribution in [0.2, 0.25) is 0 Å². The van der Waals surface area contributed by atoms with Gasteiger partial charge in [0.2, 0.25) is 0 Å². The summed E-state index contributed by atoms with van der Waals surface area (Å²) in [5, 5.41) is 13.2. The third kappa shape index (κ3) is 3.13. The lowest BCUT2D eigenvalue weighted by molar-refractivity contribution is 0.0934. The number of amides is 1. The summed E-state index contributed by atoms with van der Waals surface area (Å²) in [5.41, 5.74) is 2.35. The lowest BCUT2D eigenvalue weighted by Gasteiger charge is -2.15. The normalized spacial score (nSPS) is 12.1. The summed E-state index contributed by atoms with van der Waals surface area (Å²) in [6.45, 7) is 3.68. The van der Waals surface area contributed by atoms with Crippen LogP contribution in [0.5, 0.6) is 0 Å². The molecular formula is C16H16FN5O. The number of aromatic nitrogens is 4. The molecule has 0 aliphatic carbocycles. The molecule has 3 rings (SSSR count). The number of H-pyrrole nitrogens is 1. The van der Waals surface area contributed by atoms with Gasteiger partial charge >= 0.3 is 0 Å². The van der Waals surface area contributed by atoms with Gasteiger partial charge in [-0.15, -0.1) is 0 Å². The zero-order valence-electron chi connectivity index (χ0n) is 12.7. The summed E-state index contributed by atoms with van der Waals surface area (Å²) in [7, 11) is 0. The van der Waals surface area contributed by atoms with Crippen LogP contribution in [0.4, 0.5) is 4.39 Å². The van der Waals surface area contributed by atoms with Gasteiger partial charge in [-0.05, 0) is 43.2 Å². The zero-order chi connectivity index (χ0) is 16.4. The van der Waals surface area contributed by atoms with Crippen molar-refractivity contribution in [3.8, 4) is 5.69 Å². The van der Waals surface area contributed by atoms with E-state index in [2.05, 4.69) is 20.6 Å². The summed E-state index contributed by atoms with van der Waals surface area (Å²) in [5.74, 6) is -0.685. The van der Waals surface area contributed by atoms with Gasteiger partial charge in [-0.3, -0.25) is 9.89 Å². The highest BCUT2D eigenvalue weighted by Crippen LogP contribution is 2.20. The summed E-state index contributed by atoms with van der Waals surface area (Å²) >= 11 is 0. The van der Waals surface area contributed by atoms with Crippen molar-refractivity contribution in [2.45, 2.75) is 19.9 Å². The molecule has 7 heteroatoms. The Labute approximate surface area is 132 Å². The second-order valence-electron chi connectivity index (χ2n) is 5.34. The molecule has 0 spiro atoms. The molecule has 0 saturated carbocycles. The molecule has 0 radical (unpaired) electrons. The molecule has 3 aromatic rings. The van der Waals surface area contributed by atoms with Crippen LogP contribution in [0.25, 0.3) is 5.69 Å². The number of carbonyl (C=O) groups excluding carboxylic acids is 1. The fourth-order valence-electron chi connectivity index (χ4n) is 2.26.